The average molecular weight is 741 g/mol. The molecule has 0 aromatic heterocycles. The molecule has 0 spiro atoms. The normalized spacial score (nSPS) is 12.8. The summed E-state index contributed by atoms with van der Waals surface area (Å²) in [6, 6.07) is -3.04. The average Bonchev–Trinajstić information content (AvgIpc) is 3.12. The number of hydrogen-bond donors (Lipinski definition) is 5. The predicted octanol–water partition coefficient (Wildman–Crippen LogP) is 6.99. The van der Waals surface area contributed by atoms with Gasteiger partial charge in [-0.15, -0.1) is 0 Å². The van der Waals surface area contributed by atoms with Crippen LogP contribution in [-0.2, 0) is 33.4 Å². The third-order valence-electron chi connectivity index (χ3n) is 9.35. The second-order valence-electron chi connectivity index (χ2n) is 14.3. The van der Waals surface area contributed by atoms with E-state index in [9.17, 15) is 29.1 Å². The molecule has 3 atom stereocenters. The predicted molar refractivity (Wildman–Crippen MR) is 206 cm³/mol. The zero-order chi connectivity index (χ0) is 38.7. The Balaban J connectivity index is 3.97. The van der Waals surface area contributed by atoms with Gasteiger partial charge in [-0.25, -0.2) is 4.79 Å². The van der Waals surface area contributed by atoms with Crippen molar-refractivity contribution in [2.45, 2.75) is 205 Å². The van der Waals surface area contributed by atoms with E-state index in [1.165, 1.54) is 89.9 Å². The number of esters is 2. The van der Waals surface area contributed by atoms with Gasteiger partial charge in [0.25, 0.3) is 0 Å². The molecule has 0 unspecified atom stereocenters. The number of carboxylic acids is 1. The fourth-order valence-electron chi connectivity index (χ4n) is 5.86. The minimum atomic E-state index is -1.19. The molecular formula is C40H76N4O8. The maximum atomic E-state index is 12.5. The lowest BCUT2D eigenvalue weighted by Crippen LogP contribution is -2.48. The van der Waals surface area contributed by atoms with Crippen molar-refractivity contribution < 1.29 is 38.6 Å². The molecule has 0 aliphatic rings. The minimum absolute atomic E-state index is 0.0213. The molecular weight excluding hydrogens is 664 g/mol. The Morgan fingerprint density at radius 2 is 0.904 bits per heavy atom. The number of carboxylic acid groups (broad SMARTS) is 1. The second kappa shape index (κ2) is 35.3. The number of nitrogens with one attached hydrogen (secondary N) is 2. The van der Waals surface area contributed by atoms with Crippen molar-refractivity contribution in [2.75, 3.05) is 19.8 Å². The standard InChI is InChI=1S/C40H76N4O8/c1-3-5-7-9-11-13-15-17-19-23-31-51-36(45)28-26-33(41)38(47)43-30-22-21-25-35(40(49)50)44-39(48)34(42)27-29-37(46)52-32-24-20-18-16-14-12-10-8-6-4-2/h33-35H,3-32,41-42H2,1-2H3,(H,43,47)(H,44,48)(H,49,50)/t33-,34-,35-/m0/s1. The Morgan fingerprint density at radius 3 is 1.31 bits per heavy atom. The van der Waals surface area contributed by atoms with Crippen LogP contribution in [0.15, 0.2) is 0 Å². The van der Waals surface area contributed by atoms with E-state index in [2.05, 4.69) is 24.5 Å². The summed E-state index contributed by atoms with van der Waals surface area (Å²) in [5.41, 5.74) is 11.9. The van der Waals surface area contributed by atoms with Gasteiger partial charge in [-0.05, 0) is 44.9 Å². The molecule has 0 aliphatic carbocycles. The van der Waals surface area contributed by atoms with Crippen LogP contribution in [0.4, 0.5) is 0 Å². The topological polar surface area (TPSA) is 200 Å². The third kappa shape index (κ3) is 30.9. The van der Waals surface area contributed by atoms with E-state index in [1.807, 2.05) is 0 Å². The first-order valence-corrected chi connectivity index (χ1v) is 20.8. The highest BCUT2D eigenvalue weighted by molar-refractivity contribution is 5.87. The van der Waals surface area contributed by atoms with E-state index in [0.29, 0.717) is 26.1 Å². The monoisotopic (exact) mass is 741 g/mol. The van der Waals surface area contributed by atoms with E-state index in [0.717, 1.165) is 38.5 Å². The van der Waals surface area contributed by atoms with Crippen molar-refractivity contribution in [3.63, 3.8) is 0 Å². The van der Waals surface area contributed by atoms with Crippen LogP contribution >= 0.6 is 0 Å². The Bertz CT molecular complexity index is 935. The van der Waals surface area contributed by atoms with E-state index >= 15 is 0 Å². The van der Waals surface area contributed by atoms with Gasteiger partial charge in [-0.3, -0.25) is 19.2 Å². The zero-order valence-corrected chi connectivity index (χ0v) is 32.9. The van der Waals surface area contributed by atoms with Crippen molar-refractivity contribution >= 4 is 29.7 Å². The molecule has 0 bridgehead atoms. The SMILES string of the molecule is CCCCCCCCCCCCOC(=O)CC[C@H](N)C(=O)NCCCC[C@H](NC(=O)[C@@H](N)CCC(=O)OCCCCCCCCCCCC)C(=O)O. The van der Waals surface area contributed by atoms with Gasteiger partial charge in [-0.1, -0.05) is 129 Å². The van der Waals surface area contributed by atoms with Crippen LogP contribution in [0, 0.1) is 0 Å². The Morgan fingerprint density at radius 1 is 0.519 bits per heavy atom. The molecule has 0 rings (SSSR count). The maximum Gasteiger partial charge on any atom is 0.326 e. The third-order valence-corrected chi connectivity index (χ3v) is 9.35. The van der Waals surface area contributed by atoms with Gasteiger partial charge in [0.15, 0.2) is 0 Å². The second-order valence-corrected chi connectivity index (χ2v) is 14.3. The molecule has 12 nitrogen and oxygen atoms in total. The number of aliphatic carboxylic acids is 1. The molecule has 0 saturated carbocycles. The molecule has 0 aromatic rings. The van der Waals surface area contributed by atoms with E-state index in [-0.39, 0.29) is 44.6 Å². The van der Waals surface area contributed by atoms with Crippen LogP contribution < -0.4 is 22.1 Å². The van der Waals surface area contributed by atoms with Gasteiger partial charge < -0.3 is 36.7 Å². The van der Waals surface area contributed by atoms with E-state index in [1.54, 1.807) is 0 Å². The van der Waals surface area contributed by atoms with Gasteiger partial charge >= 0.3 is 17.9 Å². The largest absolute Gasteiger partial charge is 0.480 e. The fraction of sp³-hybridized carbons (Fsp3) is 0.875. The van der Waals surface area contributed by atoms with Crippen molar-refractivity contribution in [1.82, 2.24) is 10.6 Å². The number of amides is 2. The lowest BCUT2D eigenvalue weighted by Gasteiger charge is -2.18. The van der Waals surface area contributed by atoms with Crippen LogP contribution in [0.2, 0.25) is 0 Å². The van der Waals surface area contributed by atoms with Crippen LogP contribution in [0.3, 0.4) is 0 Å². The molecule has 52 heavy (non-hydrogen) atoms. The Labute approximate surface area is 315 Å². The van der Waals surface area contributed by atoms with Crippen molar-refractivity contribution in [3.05, 3.63) is 0 Å². The fourth-order valence-corrected chi connectivity index (χ4v) is 5.86. The highest BCUT2D eigenvalue weighted by atomic mass is 16.5. The summed E-state index contributed by atoms with van der Waals surface area (Å²) in [4.78, 5) is 60.6. The first-order chi connectivity index (χ1) is 25.1. The smallest absolute Gasteiger partial charge is 0.326 e. The summed E-state index contributed by atoms with van der Waals surface area (Å²) in [5.74, 6) is -3.01. The number of ether oxygens (including phenoxy) is 2. The molecule has 0 fully saturated rings. The summed E-state index contributed by atoms with van der Waals surface area (Å²) in [7, 11) is 0. The maximum absolute atomic E-state index is 12.5. The van der Waals surface area contributed by atoms with Gasteiger partial charge in [0.2, 0.25) is 11.8 Å². The lowest BCUT2D eigenvalue weighted by molar-refractivity contribution is -0.145. The Kier molecular flexibility index (Phi) is 33.5. The van der Waals surface area contributed by atoms with Crippen LogP contribution in [0.1, 0.15) is 187 Å². The Hall–Kier alpha value is -2.73. The number of rotatable bonds is 37. The number of carbonyl (C=O) groups is 5. The van der Waals surface area contributed by atoms with Gasteiger partial charge in [-0.2, -0.15) is 0 Å². The molecule has 12 heteroatoms. The first kappa shape index (κ1) is 49.3. The van der Waals surface area contributed by atoms with E-state index in [4.69, 9.17) is 20.9 Å². The molecule has 0 heterocycles. The summed E-state index contributed by atoms with van der Waals surface area (Å²) in [5, 5.41) is 14.7. The quantitative estimate of drug-likeness (QED) is 0.0327. The zero-order valence-electron chi connectivity index (χ0n) is 32.9. The molecule has 304 valence electrons. The number of nitrogens with two attached hydrogens (primary N) is 2. The van der Waals surface area contributed by atoms with Crippen molar-refractivity contribution in [2.24, 2.45) is 11.5 Å². The number of unbranched alkanes of at least 4 members (excludes halogenated alkanes) is 19. The summed E-state index contributed by atoms with van der Waals surface area (Å²) >= 11 is 0. The number of carbonyl (C=O) groups excluding carboxylic acids is 4. The van der Waals surface area contributed by atoms with Crippen LogP contribution in [0.5, 0.6) is 0 Å². The molecule has 0 aliphatic heterocycles. The summed E-state index contributed by atoms with van der Waals surface area (Å²) in [6.07, 6.45) is 25.2. The van der Waals surface area contributed by atoms with Gasteiger partial charge in [0, 0.05) is 19.4 Å². The first-order valence-electron chi connectivity index (χ1n) is 20.8. The summed E-state index contributed by atoms with van der Waals surface area (Å²) in [6.45, 7) is 5.44. The molecule has 0 radical (unpaired) electrons. The minimum Gasteiger partial charge on any atom is -0.480 e. The highest BCUT2D eigenvalue weighted by Crippen LogP contribution is 2.12. The molecule has 7 N–H and O–H groups in total. The lowest BCUT2D eigenvalue weighted by atomic mass is 10.1. The number of hydrogen-bond acceptors (Lipinski definition) is 9. The van der Waals surface area contributed by atoms with E-state index < -0.39 is 41.9 Å². The molecule has 2 amide bonds. The molecule has 0 saturated heterocycles. The highest BCUT2D eigenvalue weighted by Gasteiger charge is 2.24. The van der Waals surface area contributed by atoms with Gasteiger partial charge in [0.05, 0.1) is 25.3 Å². The van der Waals surface area contributed by atoms with Crippen LogP contribution in [0.25, 0.3) is 0 Å². The molecule has 0 aromatic carbocycles. The van der Waals surface area contributed by atoms with Gasteiger partial charge in [0.1, 0.15) is 6.04 Å². The van der Waals surface area contributed by atoms with Crippen molar-refractivity contribution in [1.29, 1.82) is 0 Å². The summed E-state index contributed by atoms with van der Waals surface area (Å²) < 4.78 is 10.5. The van der Waals surface area contributed by atoms with Crippen LogP contribution in [-0.4, -0.2) is 72.7 Å². The van der Waals surface area contributed by atoms with Crippen molar-refractivity contribution in [3.8, 4) is 0 Å².